The van der Waals surface area contributed by atoms with Gasteiger partial charge in [0.25, 0.3) is 0 Å². The van der Waals surface area contributed by atoms with Gasteiger partial charge in [0.15, 0.2) is 11.6 Å². The van der Waals surface area contributed by atoms with Crippen molar-refractivity contribution in [1.82, 2.24) is 15.1 Å². The van der Waals surface area contributed by atoms with Gasteiger partial charge in [0.05, 0.1) is 29.8 Å². The van der Waals surface area contributed by atoms with Gasteiger partial charge in [-0.2, -0.15) is 8.42 Å². The second-order valence-corrected chi connectivity index (χ2v) is 8.90. The smallest absolute Gasteiger partial charge is 0.324 e. The predicted molar refractivity (Wildman–Crippen MR) is 128 cm³/mol. The highest BCUT2D eigenvalue weighted by Crippen LogP contribution is 2.24. The second kappa shape index (κ2) is 10.0. The fraction of sp³-hybridized carbons (Fsp3) is 0.318. The molecule has 1 aromatic carbocycles. The molecular weight excluding hydrogens is 460 g/mol. The SMILES string of the molecule is CC(c1cc(N2CCOC[C@@H]2C)nc(-c2ccc(NC(=O)Nc3cc(C)on3)cc2)n1)=S(=O)=O. The molecule has 2 N–H and O–H groups in total. The van der Waals surface area contributed by atoms with Crippen molar-refractivity contribution in [3.63, 3.8) is 0 Å². The summed E-state index contributed by atoms with van der Waals surface area (Å²) in [5, 5.41) is 9.01. The van der Waals surface area contributed by atoms with Gasteiger partial charge in [-0.1, -0.05) is 5.16 Å². The molecule has 3 aromatic rings. The van der Waals surface area contributed by atoms with Gasteiger partial charge in [-0.3, -0.25) is 5.32 Å². The lowest BCUT2D eigenvalue weighted by atomic mass is 10.1. The summed E-state index contributed by atoms with van der Waals surface area (Å²) in [5.74, 6) is 1.90. The Balaban J connectivity index is 1.60. The number of urea groups is 1. The van der Waals surface area contributed by atoms with E-state index in [4.69, 9.17) is 14.2 Å². The maximum Gasteiger partial charge on any atom is 0.324 e. The number of nitrogens with one attached hydrogen (secondary N) is 2. The lowest BCUT2D eigenvalue weighted by Gasteiger charge is -2.34. The summed E-state index contributed by atoms with van der Waals surface area (Å²) in [6, 6.07) is 9.83. The van der Waals surface area contributed by atoms with Crippen LogP contribution in [0.1, 0.15) is 25.3 Å². The Morgan fingerprint density at radius 2 is 1.91 bits per heavy atom. The van der Waals surface area contributed by atoms with Gasteiger partial charge >= 0.3 is 6.03 Å². The van der Waals surface area contributed by atoms with Crippen LogP contribution >= 0.6 is 0 Å². The second-order valence-electron chi connectivity index (χ2n) is 7.82. The molecule has 1 atom stereocenters. The first-order valence-electron chi connectivity index (χ1n) is 10.6. The van der Waals surface area contributed by atoms with Crippen molar-refractivity contribution in [2.45, 2.75) is 26.8 Å². The molecule has 34 heavy (non-hydrogen) atoms. The number of amides is 2. The van der Waals surface area contributed by atoms with Crippen LogP contribution in [0.4, 0.5) is 22.1 Å². The molecule has 11 nitrogen and oxygen atoms in total. The van der Waals surface area contributed by atoms with Crippen molar-refractivity contribution < 1.29 is 22.5 Å². The lowest BCUT2D eigenvalue weighted by Crippen LogP contribution is -2.44. The monoisotopic (exact) mass is 484 g/mol. The zero-order valence-corrected chi connectivity index (χ0v) is 19.7. The molecule has 1 fully saturated rings. The van der Waals surface area contributed by atoms with Crippen LogP contribution in [-0.2, 0) is 15.0 Å². The number of carbonyl (C=O) groups is 1. The van der Waals surface area contributed by atoms with Crippen molar-refractivity contribution in [3.8, 4) is 11.4 Å². The molecule has 0 radical (unpaired) electrons. The first-order chi connectivity index (χ1) is 16.3. The average Bonchev–Trinajstić information content (AvgIpc) is 3.23. The van der Waals surface area contributed by atoms with E-state index >= 15 is 0 Å². The summed E-state index contributed by atoms with van der Waals surface area (Å²) in [5.41, 5.74) is 1.55. The minimum absolute atomic E-state index is 0.0843. The maximum absolute atomic E-state index is 12.2. The van der Waals surface area contributed by atoms with E-state index in [1.54, 1.807) is 43.3 Å². The molecule has 1 aliphatic heterocycles. The van der Waals surface area contributed by atoms with Crippen molar-refractivity contribution in [2.75, 3.05) is 35.3 Å². The third kappa shape index (κ3) is 5.41. The van der Waals surface area contributed by atoms with Crippen molar-refractivity contribution in [3.05, 3.63) is 47.9 Å². The van der Waals surface area contributed by atoms with Gasteiger partial charge in [-0.05, 0) is 45.0 Å². The minimum atomic E-state index is -2.41. The van der Waals surface area contributed by atoms with Gasteiger partial charge in [-0.15, -0.1) is 0 Å². The van der Waals surface area contributed by atoms with Gasteiger partial charge in [0, 0.05) is 29.9 Å². The number of ether oxygens (including phenoxy) is 1. The van der Waals surface area contributed by atoms with E-state index in [1.807, 2.05) is 6.92 Å². The van der Waals surface area contributed by atoms with Crippen LogP contribution in [0, 0.1) is 6.92 Å². The van der Waals surface area contributed by atoms with Crippen LogP contribution < -0.4 is 15.5 Å². The van der Waals surface area contributed by atoms with Crippen LogP contribution in [0.5, 0.6) is 0 Å². The fourth-order valence-corrected chi connectivity index (χ4v) is 3.73. The summed E-state index contributed by atoms with van der Waals surface area (Å²) in [6.07, 6.45) is 0. The summed E-state index contributed by atoms with van der Waals surface area (Å²) in [4.78, 5) is 23.5. The Labute approximate surface area is 197 Å². The molecule has 0 saturated carbocycles. The van der Waals surface area contributed by atoms with Crippen LogP contribution in [0.15, 0.2) is 40.9 Å². The number of hydrogen-bond donors (Lipinski definition) is 2. The lowest BCUT2D eigenvalue weighted by molar-refractivity contribution is 0.0985. The summed E-state index contributed by atoms with van der Waals surface area (Å²) in [6.45, 7) is 7.01. The first kappa shape index (κ1) is 23.4. The standard InChI is InChI=1S/C22H24N6O5S/c1-13-12-32-9-8-28(13)20-11-18(15(3)34(30)31)24-21(26-20)16-4-6-17(7-5-16)23-22(29)25-19-10-14(2)33-27-19/h4-7,10-11,13H,8-9,12H2,1-3H3,(H2,23,25,27,29)/t13-/m0/s1. The highest BCUT2D eigenvalue weighted by atomic mass is 32.2. The third-order valence-corrected chi connectivity index (χ3v) is 5.96. The predicted octanol–water partition coefficient (Wildman–Crippen LogP) is 2.73. The molecule has 0 aliphatic carbocycles. The van der Waals surface area contributed by atoms with E-state index < -0.39 is 16.3 Å². The maximum atomic E-state index is 12.2. The van der Waals surface area contributed by atoms with Crippen LogP contribution in [0.2, 0.25) is 0 Å². The zero-order valence-electron chi connectivity index (χ0n) is 18.9. The number of aryl methyl sites for hydroxylation is 1. The third-order valence-electron chi connectivity index (χ3n) is 5.26. The molecule has 0 spiro atoms. The minimum Gasteiger partial charge on any atom is -0.377 e. The average molecular weight is 485 g/mol. The molecule has 2 amide bonds. The molecule has 4 rings (SSSR count). The van der Waals surface area contributed by atoms with Crippen LogP contribution in [0.25, 0.3) is 11.4 Å². The molecule has 0 unspecified atom stereocenters. The quantitative estimate of drug-likeness (QED) is 0.413. The molecule has 1 aliphatic rings. The summed E-state index contributed by atoms with van der Waals surface area (Å²) in [7, 11) is -2.41. The molecule has 0 bridgehead atoms. The van der Waals surface area contributed by atoms with Gasteiger partial charge < -0.3 is 19.5 Å². The van der Waals surface area contributed by atoms with Crippen molar-refractivity contribution >= 4 is 38.5 Å². The number of rotatable bonds is 5. The van der Waals surface area contributed by atoms with Gasteiger partial charge in [0.2, 0.25) is 10.3 Å². The van der Waals surface area contributed by atoms with E-state index in [-0.39, 0.29) is 10.9 Å². The normalized spacial score (nSPS) is 15.6. The number of anilines is 3. The topological polar surface area (TPSA) is 140 Å². The Kier molecular flexibility index (Phi) is 6.89. The highest BCUT2D eigenvalue weighted by Gasteiger charge is 2.22. The molecular formula is C22H24N6O5S. The molecule has 1 saturated heterocycles. The van der Waals surface area contributed by atoms with Crippen LogP contribution in [-0.4, -0.2) is 60.2 Å². The number of benzene rings is 1. The van der Waals surface area contributed by atoms with Crippen LogP contribution in [0.3, 0.4) is 0 Å². The first-order valence-corrected chi connectivity index (χ1v) is 11.7. The number of morpholine rings is 1. The van der Waals surface area contributed by atoms with E-state index in [0.717, 1.165) is 0 Å². The molecule has 3 heterocycles. The largest absolute Gasteiger partial charge is 0.377 e. The highest BCUT2D eigenvalue weighted by molar-refractivity contribution is 7.73. The number of hydrogen-bond acceptors (Lipinski definition) is 9. The fourth-order valence-electron chi connectivity index (χ4n) is 3.45. The Hall–Kier alpha value is -3.77. The Morgan fingerprint density at radius 3 is 2.56 bits per heavy atom. The van der Waals surface area contributed by atoms with E-state index in [9.17, 15) is 13.2 Å². The Bertz CT molecular complexity index is 1330. The molecule has 178 valence electrons. The number of nitrogens with zero attached hydrogens (tertiary/aromatic N) is 4. The van der Waals surface area contributed by atoms with Gasteiger partial charge in [-0.25, -0.2) is 14.8 Å². The van der Waals surface area contributed by atoms with E-state index in [1.165, 1.54) is 6.92 Å². The van der Waals surface area contributed by atoms with Crippen molar-refractivity contribution in [1.29, 1.82) is 0 Å². The number of carbonyl (C=O) groups excluding carboxylic acids is 1. The number of aromatic nitrogens is 3. The molecule has 2 aromatic heterocycles. The van der Waals surface area contributed by atoms with E-state index in [2.05, 4.69) is 25.7 Å². The Morgan fingerprint density at radius 1 is 1.15 bits per heavy atom. The zero-order chi connectivity index (χ0) is 24.2. The van der Waals surface area contributed by atoms with E-state index in [0.29, 0.717) is 59.9 Å². The summed E-state index contributed by atoms with van der Waals surface area (Å²) >= 11 is 0. The van der Waals surface area contributed by atoms with Gasteiger partial charge in [0.1, 0.15) is 11.6 Å². The summed E-state index contributed by atoms with van der Waals surface area (Å²) < 4.78 is 33.6. The van der Waals surface area contributed by atoms with Crippen molar-refractivity contribution in [2.24, 2.45) is 0 Å². The molecule has 12 heteroatoms.